The Morgan fingerprint density at radius 1 is 1.25 bits per heavy atom. The van der Waals surface area contributed by atoms with Crippen LogP contribution in [0.4, 0.5) is 4.79 Å². The molecule has 8 nitrogen and oxygen atoms in total. The first kappa shape index (κ1) is 21.8. The lowest BCUT2D eigenvalue weighted by molar-refractivity contribution is -0.136. The number of carbonyl (C=O) groups excluding carboxylic acids is 3. The van der Waals surface area contributed by atoms with Crippen LogP contribution in [0.2, 0.25) is 0 Å². The molecular weight excluding hydrogens is 430 g/mol. The van der Waals surface area contributed by atoms with Crippen molar-refractivity contribution in [3.63, 3.8) is 0 Å². The monoisotopic (exact) mass is 453 g/mol. The Hall–Kier alpha value is -3.46. The second-order valence-corrected chi connectivity index (χ2v) is 8.19. The van der Waals surface area contributed by atoms with Crippen molar-refractivity contribution in [3.05, 3.63) is 70.9 Å². The van der Waals surface area contributed by atoms with Gasteiger partial charge in [-0.05, 0) is 41.6 Å². The van der Waals surface area contributed by atoms with Crippen molar-refractivity contribution in [1.29, 1.82) is 0 Å². The topological polar surface area (TPSA) is 97.0 Å². The zero-order valence-electron chi connectivity index (χ0n) is 17.7. The van der Waals surface area contributed by atoms with E-state index in [0.717, 1.165) is 16.0 Å². The lowest BCUT2D eigenvalue weighted by atomic mass is 9.96. The minimum absolute atomic E-state index is 0.0376. The van der Waals surface area contributed by atoms with Crippen molar-refractivity contribution in [2.75, 3.05) is 26.5 Å². The zero-order valence-corrected chi connectivity index (χ0v) is 18.5. The summed E-state index contributed by atoms with van der Waals surface area (Å²) in [5.74, 6) is -0.141. The van der Waals surface area contributed by atoms with E-state index in [4.69, 9.17) is 9.47 Å². The lowest BCUT2D eigenvalue weighted by Crippen LogP contribution is -2.50. The number of hydrogen-bond donors (Lipinski definition) is 2. The van der Waals surface area contributed by atoms with Crippen LogP contribution in [0.25, 0.3) is 0 Å². The van der Waals surface area contributed by atoms with Gasteiger partial charge >= 0.3 is 12.0 Å². The molecule has 0 radical (unpaired) electrons. The van der Waals surface area contributed by atoms with Crippen LogP contribution in [-0.4, -0.2) is 49.3 Å². The second kappa shape index (κ2) is 9.35. The average Bonchev–Trinajstić information content (AvgIpc) is 3.21. The molecule has 0 aliphatic carbocycles. The third-order valence-corrected chi connectivity index (χ3v) is 6.12. The standard InChI is InChI=1S/C23H23N3O5S/c1-30-16-5-3-4-14(10-16)11-24-19(27)12-26-18-13-31-22(28)20(18)21(25-23(26)29)15-6-8-17(32-2)9-7-15/h3-10,21H,11-13H2,1-2H3,(H,24,27)(H,25,29). The highest BCUT2D eigenvalue weighted by Crippen LogP contribution is 2.35. The quantitative estimate of drug-likeness (QED) is 0.494. The van der Waals surface area contributed by atoms with Gasteiger partial charge in [-0.3, -0.25) is 9.69 Å². The molecule has 2 aromatic carbocycles. The molecule has 2 aliphatic heterocycles. The van der Waals surface area contributed by atoms with Crippen LogP contribution in [0.5, 0.6) is 5.75 Å². The smallest absolute Gasteiger partial charge is 0.338 e. The van der Waals surface area contributed by atoms with Gasteiger partial charge in [-0.15, -0.1) is 11.8 Å². The van der Waals surface area contributed by atoms with E-state index in [1.807, 2.05) is 54.8 Å². The molecule has 2 heterocycles. The van der Waals surface area contributed by atoms with E-state index in [0.29, 0.717) is 17.0 Å². The Balaban J connectivity index is 1.49. The van der Waals surface area contributed by atoms with Crippen LogP contribution in [-0.2, 0) is 20.9 Å². The highest BCUT2D eigenvalue weighted by Gasteiger charge is 2.42. The lowest BCUT2D eigenvalue weighted by Gasteiger charge is -2.32. The minimum atomic E-state index is -0.612. The van der Waals surface area contributed by atoms with E-state index < -0.39 is 18.0 Å². The molecule has 3 amide bonds. The van der Waals surface area contributed by atoms with Gasteiger partial charge < -0.3 is 20.1 Å². The van der Waals surface area contributed by atoms with Gasteiger partial charge in [0.1, 0.15) is 18.9 Å². The van der Waals surface area contributed by atoms with Gasteiger partial charge in [-0.25, -0.2) is 9.59 Å². The van der Waals surface area contributed by atoms with Gasteiger partial charge in [-0.1, -0.05) is 24.3 Å². The molecule has 0 aromatic heterocycles. The molecule has 0 spiro atoms. The molecule has 2 N–H and O–H groups in total. The fourth-order valence-corrected chi connectivity index (χ4v) is 4.12. The van der Waals surface area contributed by atoms with Gasteiger partial charge in [0.2, 0.25) is 5.91 Å². The fraction of sp³-hybridized carbons (Fsp3) is 0.261. The Morgan fingerprint density at radius 3 is 2.75 bits per heavy atom. The number of thioether (sulfide) groups is 1. The van der Waals surface area contributed by atoms with Crippen molar-refractivity contribution >= 4 is 29.7 Å². The minimum Gasteiger partial charge on any atom is -0.497 e. The molecule has 0 saturated heterocycles. The Kier molecular flexibility index (Phi) is 6.36. The molecule has 0 bridgehead atoms. The van der Waals surface area contributed by atoms with Crippen LogP contribution in [0.1, 0.15) is 17.2 Å². The van der Waals surface area contributed by atoms with Crippen molar-refractivity contribution < 1.29 is 23.9 Å². The highest BCUT2D eigenvalue weighted by atomic mass is 32.2. The number of urea groups is 1. The molecule has 9 heteroatoms. The van der Waals surface area contributed by atoms with Crippen molar-refractivity contribution in [2.24, 2.45) is 0 Å². The number of esters is 1. The van der Waals surface area contributed by atoms with Crippen molar-refractivity contribution in [1.82, 2.24) is 15.5 Å². The number of amides is 3. The molecule has 0 saturated carbocycles. The summed E-state index contributed by atoms with van der Waals surface area (Å²) >= 11 is 1.61. The normalized spacial score (nSPS) is 17.6. The predicted octanol–water partition coefficient (Wildman–Crippen LogP) is 2.61. The van der Waals surface area contributed by atoms with E-state index in [1.54, 1.807) is 18.9 Å². The summed E-state index contributed by atoms with van der Waals surface area (Å²) in [6.45, 7) is 0.0325. The Labute approximate surface area is 189 Å². The fourth-order valence-electron chi connectivity index (χ4n) is 3.71. The first-order valence-corrected chi connectivity index (χ1v) is 11.2. The summed E-state index contributed by atoms with van der Waals surface area (Å²) in [5, 5.41) is 5.64. The van der Waals surface area contributed by atoms with Crippen LogP contribution in [0, 0.1) is 0 Å². The Morgan fingerprint density at radius 2 is 2.03 bits per heavy atom. The summed E-state index contributed by atoms with van der Waals surface area (Å²) in [6, 6.07) is 13.9. The molecule has 1 unspecified atom stereocenters. The number of ether oxygens (including phenoxy) is 2. The molecule has 0 fully saturated rings. The number of hydrogen-bond acceptors (Lipinski definition) is 6. The number of rotatable bonds is 7. The predicted molar refractivity (Wildman–Crippen MR) is 119 cm³/mol. The van der Waals surface area contributed by atoms with Crippen molar-refractivity contribution in [2.45, 2.75) is 17.5 Å². The average molecular weight is 454 g/mol. The number of cyclic esters (lactones) is 1. The maximum atomic E-state index is 12.9. The highest BCUT2D eigenvalue weighted by molar-refractivity contribution is 7.98. The number of nitrogens with one attached hydrogen (secondary N) is 2. The second-order valence-electron chi connectivity index (χ2n) is 7.31. The molecular formula is C23H23N3O5S. The van der Waals surface area contributed by atoms with Gasteiger partial charge in [-0.2, -0.15) is 0 Å². The van der Waals surface area contributed by atoms with E-state index in [2.05, 4.69) is 10.6 Å². The largest absolute Gasteiger partial charge is 0.497 e. The summed E-state index contributed by atoms with van der Waals surface area (Å²) in [7, 11) is 1.58. The van der Waals surface area contributed by atoms with Gasteiger partial charge in [0, 0.05) is 11.4 Å². The van der Waals surface area contributed by atoms with Crippen molar-refractivity contribution in [3.8, 4) is 5.75 Å². The summed E-state index contributed by atoms with van der Waals surface area (Å²) in [4.78, 5) is 40.2. The van der Waals surface area contributed by atoms with E-state index >= 15 is 0 Å². The maximum Gasteiger partial charge on any atom is 0.338 e. The van der Waals surface area contributed by atoms with E-state index in [1.165, 1.54) is 4.90 Å². The molecule has 2 aromatic rings. The number of carbonyl (C=O) groups is 3. The van der Waals surface area contributed by atoms with Crippen LogP contribution in [0.3, 0.4) is 0 Å². The number of methoxy groups -OCH3 is 1. The summed E-state index contributed by atoms with van der Waals surface area (Å²) in [6.07, 6.45) is 1.98. The molecule has 4 rings (SSSR count). The van der Waals surface area contributed by atoms with Gasteiger partial charge in [0.05, 0.1) is 24.4 Å². The number of nitrogens with zero attached hydrogens (tertiary/aromatic N) is 1. The van der Waals surface area contributed by atoms with Crippen LogP contribution >= 0.6 is 11.8 Å². The Bertz CT molecular complexity index is 1080. The van der Waals surface area contributed by atoms with Gasteiger partial charge in [0.25, 0.3) is 0 Å². The molecule has 166 valence electrons. The van der Waals surface area contributed by atoms with Crippen LogP contribution < -0.4 is 15.4 Å². The van der Waals surface area contributed by atoms with E-state index in [9.17, 15) is 14.4 Å². The third kappa shape index (κ3) is 4.43. The number of benzene rings is 2. The van der Waals surface area contributed by atoms with Gasteiger partial charge in [0.15, 0.2) is 0 Å². The first-order valence-electron chi connectivity index (χ1n) is 10.0. The summed E-state index contributed by atoms with van der Waals surface area (Å²) in [5.41, 5.74) is 2.44. The van der Waals surface area contributed by atoms with Crippen LogP contribution in [0.15, 0.2) is 64.7 Å². The first-order chi connectivity index (χ1) is 15.5. The summed E-state index contributed by atoms with van der Waals surface area (Å²) < 4.78 is 10.4. The maximum absolute atomic E-state index is 12.9. The van der Waals surface area contributed by atoms with E-state index in [-0.39, 0.29) is 25.6 Å². The zero-order chi connectivity index (χ0) is 22.7. The molecule has 1 atom stereocenters. The molecule has 32 heavy (non-hydrogen) atoms. The molecule has 2 aliphatic rings. The third-order valence-electron chi connectivity index (χ3n) is 5.37. The SMILES string of the molecule is COc1cccc(CNC(=O)CN2C(=O)NC(c3ccc(SC)cc3)C3=C2COC3=O)c1.